The molecule has 0 N–H and O–H groups in total. The topological polar surface area (TPSA) is 3.24 Å². The minimum atomic E-state index is -0.0782. The summed E-state index contributed by atoms with van der Waals surface area (Å²) in [6.45, 7) is 29.3. The molecule has 2 aliphatic heterocycles. The Bertz CT molecular complexity index is 2600. The summed E-state index contributed by atoms with van der Waals surface area (Å²) in [6, 6.07) is 19.0. The highest BCUT2D eigenvalue weighted by Crippen LogP contribution is 2.61. The highest BCUT2D eigenvalue weighted by atomic mass is 15.2. The zero-order valence-electron chi connectivity index (χ0n) is 43.7. The van der Waals surface area contributed by atoms with Gasteiger partial charge < -0.3 is 4.90 Å². The van der Waals surface area contributed by atoms with E-state index in [1.54, 1.807) is 50.2 Å². The van der Waals surface area contributed by atoms with Crippen LogP contribution in [0.15, 0.2) is 165 Å². The van der Waals surface area contributed by atoms with Gasteiger partial charge >= 0.3 is 0 Å². The van der Waals surface area contributed by atoms with Crippen molar-refractivity contribution in [2.45, 2.75) is 176 Å². The molecule has 1 saturated carbocycles. The highest BCUT2D eigenvalue weighted by molar-refractivity contribution is 6.78. The monoisotopic (exact) mass is 888 g/mol. The normalized spacial score (nSPS) is 27.1. The van der Waals surface area contributed by atoms with Crippen molar-refractivity contribution in [3.63, 3.8) is 0 Å². The number of nitrogens with zero attached hydrogens (tertiary/aromatic N) is 1. The Morgan fingerprint density at radius 3 is 1.93 bits per heavy atom. The molecule has 10 rings (SSSR count). The van der Waals surface area contributed by atoms with Crippen LogP contribution >= 0.6 is 0 Å². The second-order valence-corrected chi connectivity index (χ2v) is 25.6. The third-order valence-corrected chi connectivity index (χ3v) is 18.6. The van der Waals surface area contributed by atoms with Gasteiger partial charge in [0.05, 0.1) is 6.04 Å². The molecule has 2 aromatic carbocycles. The Kier molecular flexibility index (Phi) is 12.0. The quantitative estimate of drug-likeness (QED) is 0.250. The van der Waals surface area contributed by atoms with Gasteiger partial charge in [0, 0.05) is 28.1 Å². The van der Waals surface area contributed by atoms with E-state index in [2.05, 4.69) is 197 Å². The fourth-order valence-corrected chi connectivity index (χ4v) is 14.0. The van der Waals surface area contributed by atoms with E-state index in [-0.39, 0.29) is 27.7 Å². The number of rotatable bonds is 7. The fourth-order valence-electron chi connectivity index (χ4n) is 14.0. The van der Waals surface area contributed by atoms with Gasteiger partial charge in [0.25, 0.3) is 0 Å². The standard InChI is InChI=1S/C65H82BN/c1-42-18-24-48(25-19-42)64(9,10)50-30-34-53(35-31-50)67-58-37-33-52(65(11,12)49-26-20-43(2)21-27-49)41-57(58)66-56-40-51(63(6,7)8)32-36-54(56)60(45-22-28-47(29-23-45)62(3,4)5)55-38-46(39-59(67)61(55)66)44-16-14-13-15-17-44/h18-28,30-31,33-34,37-38,40,44,46-47,53,57,60H,13-17,29,32,35-36,39,41H2,1-12H3. The third-order valence-electron chi connectivity index (χ3n) is 18.6. The zero-order chi connectivity index (χ0) is 47.2. The van der Waals surface area contributed by atoms with E-state index in [4.69, 9.17) is 0 Å². The van der Waals surface area contributed by atoms with E-state index in [0.29, 0.717) is 30.3 Å². The van der Waals surface area contributed by atoms with Gasteiger partial charge in [-0.2, -0.15) is 0 Å². The van der Waals surface area contributed by atoms with Crippen molar-refractivity contribution >= 4 is 6.71 Å². The Morgan fingerprint density at radius 1 is 0.657 bits per heavy atom. The van der Waals surface area contributed by atoms with E-state index >= 15 is 0 Å². The predicted octanol–water partition coefficient (Wildman–Crippen LogP) is 17.3. The van der Waals surface area contributed by atoms with Gasteiger partial charge in [-0.3, -0.25) is 0 Å². The molecule has 0 bridgehead atoms. The van der Waals surface area contributed by atoms with Crippen molar-refractivity contribution in [2.75, 3.05) is 0 Å². The molecule has 0 aromatic heterocycles. The average Bonchev–Trinajstić information content (AvgIpc) is 3.31. The van der Waals surface area contributed by atoms with Gasteiger partial charge in [-0.1, -0.05) is 231 Å². The fraction of sp³-hybridized carbons (Fsp3) is 0.508. The van der Waals surface area contributed by atoms with Crippen molar-refractivity contribution in [3.05, 3.63) is 187 Å². The number of hydrogen-bond acceptors (Lipinski definition) is 1. The number of allylic oxidation sites excluding steroid dienone is 18. The van der Waals surface area contributed by atoms with Gasteiger partial charge in [-0.15, -0.1) is 0 Å². The first kappa shape index (κ1) is 46.4. The maximum atomic E-state index is 2.98. The van der Waals surface area contributed by atoms with Crippen LogP contribution in [-0.2, 0) is 10.8 Å². The van der Waals surface area contributed by atoms with Crippen molar-refractivity contribution < 1.29 is 0 Å². The smallest absolute Gasteiger partial charge is 0.221 e. The van der Waals surface area contributed by atoms with Crippen LogP contribution in [0.25, 0.3) is 0 Å². The summed E-state index contributed by atoms with van der Waals surface area (Å²) in [6.07, 6.45) is 40.3. The van der Waals surface area contributed by atoms with E-state index in [9.17, 15) is 0 Å². The molecule has 0 amide bonds. The Hall–Kier alpha value is -4.30. The molecule has 0 saturated heterocycles. The first-order valence-electron chi connectivity index (χ1n) is 26.8. The largest absolute Gasteiger partial charge is 0.342 e. The minimum Gasteiger partial charge on any atom is -0.342 e. The summed E-state index contributed by atoms with van der Waals surface area (Å²) in [5.41, 5.74) is 22.0. The van der Waals surface area contributed by atoms with Gasteiger partial charge in [-0.05, 0) is 134 Å². The SMILES string of the molecule is Cc1ccc(C(C)(C)C2=CCC(N3C4=CC=C(C(C)(C)c5ccc(C)cc5)CC4B4C5=C(CCC(C(C)(C)C)=C5)C(C5=CCC(C(C)(C)C)C=C5)C5=CC(C6CCCCC6)CC3=C45)C=C2)cc1. The molecule has 8 aliphatic rings. The molecule has 2 aromatic rings. The Morgan fingerprint density at radius 2 is 1.33 bits per heavy atom. The first-order valence-corrected chi connectivity index (χ1v) is 26.8. The summed E-state index contributed by atoms with van der Waals surface area (Å²) >= 11 is 0. The van der Waals surface area contributed by atoms with Crippen molar-refractivity contribution in [1.29, 1.82) is 0 Å². The Labute approximate surface area is 407 Å². The second-order valence-electron chi connectivity index (χ2n) is 25.6. The van der Waals surface area contributed by atoms with Crippen LogP contribution in [-0.4, -0.2) is 17.7 Å². The summed E-state index contributed by atoms with van der Waals surface area (Å²) < 4.78 is 0. The highest BCUT2D eigenvalue weighted by Gasteiger charge is 2.54. The molecule has 0 spiro atoms. The van der Waals surface area contributed by atoms with Crippen molar-refractivity contribution in [1.82, 2.24) is 4.90 Å². The molecule has 2 heterocycles. The van der Waals surface area contributed by atoms with Gasteiger partial charge in [0.2, 0.25) is 6.71 Å². The third kappa shape index (κ3) is 8.41. The van der Waals surface area contributed by atoms with Crippen LogP contribution in [0.2, 0.25) is 5.82 Å². The molecular formula is C65H82BN. The number of fused-ring (bicyclic) bond motifs is 3. The molecule has 6 aliphatic carbocycles. The van der Waals surface area contributed by atoms with Crippen LogP contribution < -0.4 is 0 Å². The molecule has 67 heavy (non-hydrogen) atoms. The average molecular weight is 888 g/mol. The van der Waals surface area contributed by atoms with Crippen LogP contribution in [0.1, 0.15) is 162 Å². The molecule has 350 valence electrons. The van der Waals surface area contributed by atoms with Crippen LogP contribution in [0.3, 0.4) is 0 Å². The van der Waals surface area contributed by atoms with Crippen molar-refractivity contribution in [2.24, 2.45) is 34.5 Å². The molecule has 1 fully saturated rings. The number of benzene rings is 2. The minimum absolute atomic E-state index is 0.0620. The summed E-state index contributed by atoms with van der Waals surface area (Å²) in [5.74, 6) is 2.60. The molecule has 5 atom stereocenters. The first-order chi connectivity index (χ1) is 31.8. The lowest BCUT2D eigenvalue weighted by Gasteiger charge is -2.55. The lowest BCUT2D eigenvalue weighted by atomic mass is 9.24. The molecule has 5 unspecified atom stereocenters. The maximum absolute atomic E-state index is 2.98. The van der Waals surface area contributed by atoms with Crippen LogP contribution in [0.5, 0.6) is 0 Å². The Balaban J connectivity index is 1.17. The molecular weight excluding hydrogens is 806 g/mol. The van der Waals surface area contributed by atoms with E-state index in [1.165, 1.54) is 72.8 Å². The second kappa shape index (κ2) is 17.3. The zero-order valence-corrected chi connectivity index (χ0v) is 43.7. The van der Waals surface area contributed by atoms with Gasteiger partial charge in [0.1, 0.15) is 0 Å². The summed E-state index contributed by atoms with van der Waals surface area (Å²) in [5, 5.41) is 0. The van der Waals surface area contributed by atoms with Crippen LogP contribution in [0.4, 0.5) is 0 Å². The number of hydrogen-bond donors (Lipinski definition) is 0. The predicted molar refractivity (Wildman–Crippen MR) is 288 cm³/mol. The molecule has 0 radical (unpaired) electrons. The number of aryl methyl sites for hydroxylation is 2. The lowest BCUT2D eigenvalue weighted by molar-refractivity contribution is 0.250. The van der Waals surface area contributed by atoms with Gasteiger partial charge in [-0.25, -0.2) is 0 Å². The summed E-state index contributed by atoms with van der Waals surface area (Å²) in [7, 11) is 0. The van der Waals surface area contributed by atoms with E-state index < -0.39 is 0 Å². The molecule has 1 nitrogen and oxygen atoms in total. The van der Waals surface area contributed by atoms with E-state index in [0.717, 1.165) is 31.6 Å². The van der Waals surface area contributed by atoms with Crippen LogP contribution in [0, 0.1) is 48.3 Å². The lowest BCUT2D eigenvalue weighted by Crippen LogP contribution is -2.51. The van der Waals surface area contributed by atoms with E-state index in [1.807, 2.05) is 0 Å². The molecule has 2 heteroatoms. The maximum Gasteiger partial charge on any atom is 0.221 e. The van der Waals surface area contributed by atoms with Gasteiger partial charge in [0.15, 0.2) is 0 Å². The van der Waals surface area contributed by atoms with Crippen molar-refractivity contribution in [3.8, 4) is 0 Å². The summed E-state index contributed by atoms with van der Waals surface area (Å²) in [4.78, 5) is 2.98.